The summed E-state index contributed by atoms with van der Waals surface area (Å²) in [5, 5.41) is 4.06. The van der Waals surface area contributed by atoms with E-state index in [4.69, 9.17) is 16.3 Å². The minimum absolute atomic E-state index is 0.186. The van der Waals surface area contributed by atoms with Gasteiger partial charge in [-0.15, -0.1) is 11.3 Å². The minimum atomic E-state index is -3.66. The minimum Gasteiger partial charge on any atom is -0.495 e. The summed E-state index contributed by atoms with van der Waals surface area (Å²) < 4.78 is 34.3. The third-order valence-electron chi connectivity index (χ3n) is 6.16. The van der Waals surface area contributed by atoms with Gasteiger partial charge in [0.05, 0.1) is 22.7 Å². The maximum absolute atomic E-state index is 13.2. The van der Waals surface area contributed by atoms with Crippen LogP contribution in [0, 0.1) is 0 Å². The highest BCUT2D eigenvalue weighted by Gasteiger charge is 2.29. The molecule has 7 nitrogen and oxygen atoms in total. The van der Waals surface area contributed by atoms with Crippen LogP contribution >= 0.6 is 22.9 Å². The molecular formula is C26H24ClN3O4S2. The predicted molar refractivity (Wildman–Crippen MR) is 145 cm³/mol. The van der Waals surface area contributed by atoms with Crippen LogP contribution in [0.2, 0.25) is 5.02 Å². The van der Waals surface area contributed by atoms with Crippen molar-refractivity contribution in [2.45, 2.75) is 4.90 Å². The van der Waals surface area contributed by atoms with E-state index in [1.54, 1.807) is 19.2 Å². The van der Waals surface area contributed by atoms with E-state index in [-0.39, 0.29) is 10.8 Å². The van der Waals surface area contributed by atoms with Gasteiger partial charge in [0, 0.05) is 42.0 Å². The van der Waals surface area contributed by atoms with Gasteiger partial charge < -0.3 is 15.0 Å². The number of piperazine rings is 1. The zero-order chi connectivity index (χ0) is 25.3. The van der Waals surface area contributed by atoms with Crippen LogP contribution in [0.3, 0.4) is 0 Å². The maximum Gasteiger partial charge on any atom is 0.267 e. The number of methoxy groups -OCH3 is 1. The lowest BCUT2D eigenvalue weighted by atomic mass is 10.2. The van der Waals surface area contributed by atoms with E-state index in [0.717, 1.165) is 21.5 Å². The molecule has 10 heteroatoms. The number of sulfonamides is 1. The molecule has 1 aliphatic heterocycles. The Morgan fingerprint density at radius 3 is 2.31 bits per heavy atom. The van der Waals surface area contributed by atoms with E-state index < -0.39 is 10.0 Å². The van der Waals surface area contributed by atoms with Gasteiger partial charge in [0.15, 0.2) is 0 Å². The van der Waals surface area contributed by atoms with Crippen LogP contribution in [0.25, 0.3) is 10.1 Å². The van der Waals surface area contributed by atoms with Crippen molar-refractivity contribution in [3.05, 3.63) is 82.7 Å². The van der Waals surface area contributed by atoms with Crippen molar-refractivity contribution < 1.29 is 17.9 Å². The lowest BCUT2D eigenvalue weighted by Crippen LogP contribution is -2.48. The molecule has 1 saturated heterocycles. The van der Waals surface area contributed by atoms with Crippen LogP contribution in [0.4, 0.5) is 11.4 Å². The monoisotopic (exact) mass is 541 g/mol. The van der Waals surface area contributed by atoms with Gasteiger partial charge in [-0.25, -0.2) is 8.42 Å². The van der Waals surface area contributed by atoms with Crippen LogP contribution in [-0.4, -0.2) is 51.9 Å². The summed E-state index contributed by atoms with van der Waals surface area (Å²) in [5.74, 6) is 0.438. The second kappa shape index (κ2) is 10.1. The molecule has 186 valence electrons. The van der Waals surface area contributed by atoms with E-state index >= 15 is 0 Å². The Morgan fingerprint density at radius 1 is 0.944 bits per heavy atom. The highest BCUT2D eigenvalue weighted by atomic mass is 35.5. The Labute approximate surface area is 218 Å². The molecule has 4 aromatic rings. The van der Waals surface area contributed by atoms with Gasteiger partial charge in [0.25, 0.3) is 5.91 Å². The molecule has 36 heavy (non-hydrogen) atoms. The lowest BCUT2D eigenvalue weighted by Gasteiger charge is -2.35. The van der Waals surface area contributed by atoms with E-state index in [2.05, 4.69) is 10.2 Å². The highest BCUT2D eigenvalue weighted by Crippen LogP contribution is 2.35. The van der Waals surface area contributed by atoms with Crippen LogP contribution in [-0.2, 0) is 10.0 Å². The molecule has 0 spiro atoms. The Morgan fingerprint density at radius 2 is 1.61 bits per heavy atom. The summed E-state index contributed by atoms with van der Waals surface area (Å²) >= 11 is 7.73. The number of hydrogen-bond acceptors (Lipinski definition) is 6. The van der Waals surface area contributed by atoms with Gasteiger partial charge in [-0.2, -0.15) is 4.31 Å². The Balaban J connectivity index is 1.26. The number of halogens is 1. The zero-order valence-corrected chi connectivity index (χ0v) is 21.9. The smallest absolute Gasteiger partial charge is 0.267 e. The van der Waals surface area contributed by atoms with E-state index in [1.165, 1.54) is 27.8 Å². The molecule has 0 aliphatic carbocycles. The number of thiophene rings is 1. The fourth-order valence-electron chi connectivity index (χ4n) is 4.27. The molecule has 5 rings (SSSR count). The number of para-hydroxylation sites is 2. The van der Waals surface area contributed by atoms with Gasteiger partial charge >= 0.3 is 0 Å². The number of nitrogens with zero attached hydrogens (tertiary/aromatic N) is 2. The van der Waals surface area contributed by atoms with Crippen LogP contribution in [0.15, 0.2) is 77.7 Å². The number of anilines is 2. The summed E-state index contributed by atoms with van der Waals surface area (Å²) in [6.07, 6.45) is 0. The summed E-state index contributed by atoms with van der Waals surface area (Å²) in [5.41, 5.74) is 1.45. The topological polar surface area (TPSA) is 79.0 Å². The number of amides is 1. The molecule has 2 heterocycles. The van der Waals surface area contributed by atoms with Crippen molar-refractivity contribution in [3.8, 4) is 5.75 Å². The van der Waals surface area contributed by atoms with Crippen molar-refractivity contribution in [2.24, 2.45) is 0 Å². The van der Waals surface area contributed by atoms with Gasteiger partial charge in [-0.1, -0.05) is 41.9 Å². The first-order chi connectivity index (χ1) is 17.4. The second-order valence-electron chi connectivity index (χ2n) is 8.28. The molecule has 1 aromatic heterocycles. The number of ether oxygens (including phenoxy) is 1. The average molecular weight is 542 g/mol. The van der Waals surface area contributed by atoms with E-state index in [9.17, 15) is 13.2 Å². The maximum atomic E-state index is 13.2. The normalized spacial score (nSPS) is 14.7. The third-order valence-corrected chi connectivity index (χ3v) is 9.74. The average Bonchev–Trinajstić information content (AvgIpc) is 3.25. The van der Waals surface area contributed by atoms with Crippen molar-refractivity contribution >= 4 is 60.3 Å². The van der Waals surface area contributed by atoms with Gasteiger partial charge in [0.1, 0.15) is 10.6 Å². The van der Waals surface area contributed by atoms with Gasteiger partial charge in [0.2, 0.25) is 10.0 Å². The largest absolute Gasteiger partial charge is 0.495 e. The summed E-state index contributed by atoms with van der Waals surface area (Å²) in [6.45, 7) is 1.85. The van der Waals surface area contributed by atoms with Crippen LogP contribution in [0.5, 0.6) is 5.75 Å². The van der Waals surface area contributed by atoms with Crippen LogP contribution < -0.4 is 15.0 Å². The number of hydrogen-bond donors (Lipinski definition) is 1. The Kier molecular flexibility index (Phi) is 6.90. The number of carbonyl (C=O) groups is 1. The fourth-order valence-corrected chi connectivity index (χ4v) is 7.10. The molecule has 0 saturated carbocycles. The molecule has 1 amide bonds. The molecule has 0 atom stereocenters. The summed E-state index contributed by atoms with van der Waals surface area (Å²) in [6, 6.07) is 21.5. The molecule has 3 aromatic carbocycles. The second-order valence-corrected chi connectivity index (χ2v) is 11.7. The van der Waals surface area contributed by atoms with Crippen molar-refractivity contribution in [1.29, 1.82) is 0 Å². The fraction of sp³-hybridized carbons (Fsp3) is 0.192. The zero-order valence-electron chi connectivity index (χ0n) is 19.5. The van der Waals surface area contributed by atoms with E-state index in [1.807, 2.05) is 48.5 Å². The summed E-state index contributed by atoms with van der Waals surface area (Å²) in [4.78, 5) is 15.5. The first-order valence-corrected chi connectivity index (χ1v) is 14.0. The standard InChI is InChI=1S/C26H24ClN3O4S2/c1-34-22-8-4-3-7-21(22)29-14-16-30(17-15-29)36(32,33)19-12-10-18(11-13-19)28-26(31)25-24(27)20-6-2-5-9-23(20)35-25/h2-13H,14-17H2,1H3,(H,28,31). The molecule has 0 bridgehead atoms. The third kappa shape index (κ3) is 4.67. The van der Waals surface area contributed by atoms with Crippen molar-refractivity contribution in [2.75, 3.05) is 43.5 Å². The molecule has 0 unspecified atom stereocenters. The van der Waals surface area contributed by atoms with Gasteiger partial charge in [-0.3, -0.25) is 4.79 Å². The highest BCUT2D eigenvalue weighted by molar-refractivity contribution is 7.89. The first kappa shape index (κ1) is 24.6. The SMILES string of the molecule is COc1ccccc1N1CCN(S(=O)(=O)c2ccc(NC(=O)c3sc4ccccc4c3Cl)cc2)CC1. The predicted octanol–water partition coefficient (Wildman–Crippen LogP) is 5.33. The summed E-state index contributed by atoms with van der Waals surface area (Å²) in [7, 11) is -2.03. The number of carbonyl (C=O) groups excluding carboxylic acids is 1. The Hall–Kier alpha value is -3.11. The number of fused-ring (bicyclic) bond motifs is 1. The number of benzene rings is 3. The lowest BCUT2D eigenvalue weighted by molar-refractivity contribution is 0.103. The van der Waals surface area contributed by atoms with Crippen molar-refractivity contribution in [1.82, 2.24) is 4.31 Å². The molecule has 1 N–H and O–H groups in total. The Bertz CT molecular complexity index is 1510. The van der Waals surface area contributed by atoms with Gasteiger partial charge in [-0.05, 0) is 42.5 Å². The number of nitrogens with one attached hydrogen (secondary N) is 1. The first-order valence-electron chi connectivity index (χ1n) is 11.3. The van der Waals surface area contributed by atoms with E-state index in [0.29, 0.717) is 41.8 Å². The molecule has 1 aliphatic rings. The number of rotatable bonds is 6. The molecular weight excluding hydrogens is 518 g/mol. The van der Waals surface area contributed by atoms with Crippen molar-refractivity contribution in [3.63, 3.8) is 0 Å². The van der Waals surface area contributed by atoms with Crippen LogP contribution in [0.1, 0.15) is 9.67 Å². The molecule has 1 fully saturated rings. The quantitative estimate of drug-likeness (QED) is 0.357. The molecule has 0 radical (unpaired) electrons.